The Morgan fingerprint density at radius 1 is 1.47 bits per heavy atom. The fraction of sp³-hybridized carbons (Fsp3) is 0.692. The molecule has 1 atom stereocenters. The van der Waals surface area contributed by atoms with Crippen molar-refractivity contribution >= 4 is 22.4 Å². The number of carbonyl (C=O) groups is 1. The number of carbonyl (C=O) groups excluding carboxylic acids is 1. The lowest BCUT2D eigenvalue weighted by Crippen LogP contribution is -2.40. The SMILES string of the molecule is CCOC(=O)c1csc(N(CC)C(C)CN(C)C)n1. The molecule has 0 amide bonds. The maximum absolute atomic E-state index is 11.6. The first kappa shape index (κ1) is 15.9. The van der Waals surface area contributed by atoms with Gasteiger partial charge in [0.05, 0.1) is 6.61 Å². The van der Waals surface area contributed by atoms with Gasteiger partial charge in [-0.1, -0.05) is 0 Å². The van der Waals surface area contributed by atoms with E-state index >= 15 is 0 Å². The van der Waals surface area contributed by atoms with Crippen LogP contribution in [0.3, 0.4) is 0 Å². The highest BCUT2D eigenvalue weighted by molar-refractivity contribution is 7.13. The molecule has 0 aliphatic heterocycles. The van der Waals surface area contributed by atoms with E-state index < -0.39 is 0 Å². The molecule has 0 aromatic carbocycles. The van der Waals surface area contributed by atoms with Crippen LogP contribution in [-0.4, -0.2) is 55.7 Å². The molecule has 1 aromatic heterocycles. The van der Waals surface area contributed by atoms with E-state index in [1.807, 2.05) is 0 Å². The molecule has 0 radical (unpaired) electrons. The van der Waals surface area contributed by atoms with E-state index in [2.05, 4.69) is 42.7 Å². The van der Waals surface area contributed by atoms with Gasteiger partial charge in [0, 0.05) is 24.5 Å². The van der Waals surface area contributed by atoms with Crippen molar-refractivity contribution < 1.29 is 9.53 Å². The molecule has 0 aliphatic carbocycles. The van der Waals surface area contributed by atoms with E-state index in [0.717, 1.165) is 18.2 Å². The van der Waals surface area contributed by atoms with E-state index in [1.165, 1.54) is 11.3 Å². The Morgan fingerprint density at radius 2 is 2.16 bits per heavy atom. The number of thiazole rings is 1. The standard InChI is InChI=1S/C13H23N3O2S/c1-6-16(10(3)8-15(4)5)13-14-11(9-19-13)12(17)18-7-2/h9-10H,6-8H2,1-5H3. The molecule has 0 fully saturated rings. The van der Waals surface area contributed by atoms with Crippen LogP contribution in [-0.2, 0) is 4.74 Å². The molecule has 5 nitrogen and oxygen atoms in total. The minimum absolute atomic E-state index is 0.346. The smallest absolute Gasteiger partial charge is 0.357 e. The van der Waals surface area contributed by atoms with Crippen LogP contribution in [0.15, 0.2) is 5.38 Å². The monoisotopic (exact) mass is 285 g/mol. The molecule has 0 spiro atoms. The van der Waals surface area contributed by atoms with Crippen LogP contribution in [0.4, 0.5) is 5.13 Å². The van der Waals surface area contributed by atoms with E-state index in [9.17, 15) is 4.79 Å². The number of likely N-dealkylation sites (N-methyl/N-ethyl adjacent to an activating group) is 2. The number of hydrogen-bond acceptors (Lipinski definition) is 6. The van der Waals surface area contributed by atoms with Gasteiger partial charge in [0.15, 0.2) is 10.8 Å². The zero-order valence-electron chi connectivity index (χ0n) is 12.3. The van der Waals surface area contributed by atoms with Crippen molar-refractivity contribution in [1.82, 2.24) is 9.88 Å². The summed E-state index contributed by atoms with van der Waals surface area (Å²) in [5.41, 5.74) is 0.400. The van der Waals surface area contributed by atoms with E-state index in [-0.39, 0.29) is 5.97 Å². The lowest BCUT2D eigenvalue weighted by atomic mass is 10.3. The first-order chi connectivity index (χ1) is 8.99. The second kappa shape index (κ2) is 7.45. The highest BCUT2D eigenvalue weighted by Crippen LogP contribution is 2.23. The van der Waals surface area contributed by atoms with Gasteiger partial charge >= 0.3 is 5.97 Å². The Morgan fingerprint density at radius 3 is 2.68 bits per heavy atom. The summed E-state index contributed by atoms with van der Waals surface area (Å²) in [5.74, 6) is -0.346. The summed E-state index contributed by atoms with van der Waals surface area (Å²) < 4.78 is 4.96. The van der Waals surface area contributed by atoms with Crippen molar-refractivity contribution in [3.05, 3.63) is 11.1 Å². The van der Waals surface area contributed by atoms with Gasteiger partial charge in [-0.3, -0.25) is 0 Å². The average molecular weight is 285 g/mol. The Kier molecular flexibility index (Phi) is 6.24. The number of aromatic nitrogens is 1. The molecule has 0 saturated carbocycles. The maximum Gasteiger partial charge on any atom is 0.357 e. The van der Waals surface area contributed by atoms with Gasteiger partial charge in [0.1, 0.15) is 0 Å². The average Bonchev–Trinajstić information content (AvgIpc) is 2.78. The third kappa shape index (κ3) is 4.47. The van der Waals surface area contributed by atoms with Gasteiger partial charge in [-0.2, -0.15) is 0 Å². The predicted octanol–water partition coefficient (Wildman–Crippen LogP) is 2.10. The molecule has 1 aromatic rings. The highest BCUT2D eigenvalue weighted by Gasteiger charge is 2.19. The number of ether oxygens (including phenoxy) is 1. The third-order valence-corrected chi connectivity index (χ3v) is 3.60. The van der Waals surface area contributed by atoms with E-state index in [1.54, 1.807) is 12.3 Å². The van der Waals surface area contributed by atoms with Gasteiger partial charge in [-0.15, -0.1) is 11.3 Å². The molecule has 1 rings (SSSR count). The summed E-state index contributed by atoms with van der Waals surface area (Å²) in [6.45, 7) is 8.24. The summed E-state index contributed by atoms with van der Waals surface area (Å²) in [7, 11) is 4.10. The molecule has 0 N–H and O–H groups in total. The highest BCUT2D eigenvalue weighted by atomic mass is 32.1. The zero-order chi connectivity index (χ0) is 14.4. The van der Waals surface area contributed by atoms with Crippen molar-refractivity contribution in [2.75, 3.05) is 38.7 Å². The van der Waals surface area contributed by atoms with E-state index in [0.29, 0.717) is 18.3 Å². The summed E-state index contributed by atoms with van der Waals surface area (Å²) in [6, 6.07) is 0.348. The summed E-state index contributed by atoms with van der Waals surface area (Å²) >= 11 is 1.49. The molecule has 0 aliphatic rings. The number of hydrogen-bond donors (Lipinski definition) is 0. The van der Waals surface area contributed by atoms with Gasteiger partial charge < -0.3 is 14.5 Å². The molecule has 0 saturated heterocycles. The van der Waals surface area contributed by atoms with Crippen LogP contribution < -0.4 is 4.90 Å². The lowest BCUT2D eigenvalue weighted by molar-refractivity contribution is 0.0520. The molecule has 1 heterocycles. The van der Waals surface area contributed by atoms with Crippen LogP contribution in [0.25, 0.3) is 0 Å². The lowest BCUT2D eigenvalue weighted by Gasteiger charge is -2.29. The number of anilines is 1. The number of esters is 1. The Hall–Kier alpha value is -1.14. The number of rotatable bonds is 7. The summed E-state index contributed by atoms with van der Waals surface area (Å²) in [4.78, 5) is 20.3. The third-order valence-electron chi connectivity index (χ3n) is 2.72. The first-order valence-corrected chi connectivity index (χ1v) is 7.41. The molecule has 6 heteroatoms. The molecular formula is C13H23N3O2S. The molecule has 0 bridgehead atoms. The second-order valence-electron chi connectivity index (χ2n) is 4.63. The van der Waals surface area contributed by atoms with Crippen molar-refractivity contribution in [3.8, 4) is 0 Å². The van der Waals surface area contributed by atoms with Gasteiger partial charge in [-0.05, 0) is 34.9 Å². The van der Waals surface area contributed by atoms with Crippen LogP contribution in [0.2, 0.25) is 0 Å². The fourth-order valence-corrected chi connectivity index (χ4v) is 2.92. The first-order valence-electron chi connectivity index (χ1n) is 6.53. The van der Waals surface area contributed by atoms with Crippen molar-refractivity contribution in [3.63, 3.8) is 0 Å². The van der Waals surface area contributed by atoms with Crippen LogP contribution >= 0.6 is 11.3 Å². The summed E-state index contributed by atoms with van der Waals surface area (Å²) in [6.07, 6.45) is 0. The van der Waals surface area contributed by atoms with Crippen molar-refractivity contribution in [1.29, 1.82) is 0 Å². The maximum atomic E-state index is 11.6. The Labute approximate surface area is 119 Å². The molecule has 1 unspecified atom stereocenters. The van der Waals surface area contributed by atoms with Crippen LogP contribution in [0.1, 0.15) is 31.3 Å². The fourth-order valence-electron chi connectivity index (χ4n) is 1.96. The normalized spacial score (nSPS) is 12.5. The van der Waals surface area contributed by atoms with Crippen molar-refractivity contribution in [2.24, 2.45) is 0 Å². The number of nitrogens with zero attached hydrogens (tertiary/aromatic N) is 3. The van der Waals surface area contributed by atoms with Gasteiger partial charge in [0.2, 0.25) is 0 Å². The van der Waals surface area contributed by atoms with Gasteiger partial charge in [0.25, 0.3) is 0 Å². The molecule has 108 valence electrons. The predicted molar refractivity (Wildman–Crippen MR) is 79.1 cm³/mol. The van der Waals surface area contributed by atoms with E-state index in [4.69, 9.17) is 4.74 Å². The topological polar surface area (TPSA) is 45.7 Å². The van der Waals surface area contributed by atoms with Crippen LogP contribution in [0, 0.1) is 0 Å². The zero-order valence-corrected chi connectivity index (χ0v) is 13.2. The largest absolute Gasteiger partial charge is 0.461 e. The Balaban J connectivity index is 2.79. The van der Waals surface area contributed by atoms with Crippen LogP contribution in [0.5, 0.6) is 0 Å². The quantitative estimate of drug-likeness (QED) is 0.718. The van der Waals surface area contributed by atoms with Gasteiger partial charge in [-0.25, -0.2) is 9.78 Å². The minimum atomic E-state index is -0.346. The summed E-state index contributed by atoms with van der Waals surface area (Å²) in [5, 5.41) is 2.64. The second-order valence-corrected chi connectivity index (χ2v) is 5.47. The Bertz CT molecular complexity index is 406. The van der Waals surface area contributed by atoms with Crippen molar-refractivity contribution in [2.45, 2.75) is 26.8 Å². The molecular weight excluding hydrogens is 262 g/mol. The molecule has 19 heavy (non-hydrogen) atoms. The minimum Gasteiger partial charge on any atom is -0.461 e.